The molecule has 2 aliphatic carbocycles. The molecule has 0 radical (unpaired) electrons. The zero-order valence-corrected chi connectivity index (χ0v) is 33.4. The van der Waals surface area contributed by atoms with Crippen LogP contribution in [0.1, 0.15) is 31.2 Å². The van der Waals surface area contributed by atoms with Gasteiger partial charge in [-0.25, -0.2) is 0 Å². The van der Waals surface area contributed by atoms with Gasteiger partial charge >= 0.3 is 309 Å². The van der Waals surface area contributed by atoms with Crippen LogP contribution in [0.4, 0.5) is 17.1 Å². The van der Waals surface area contributed by atoms with Gasteiger partial charge in [-0.3, -0.25) is 0 Å². The number of nitrogens with one attached hydrogen (secondary N) is 1. The predicted octanol–water partition coefficient (Wildman–Crippen LogP) is 12.5. The summed E-state index contributed by atoms with van der Waals surface area (Å²) in [5, 5.41) is 6.36. The van der Waals surface area contributed by atoms with Crippen LogP contribution in [0, 0.1) is 7.14 Å². The van der Waals surface area contributed by atoms with Crippen LogP contribution in [0.25, 0.3) is 44.2 Å². The zero-order valence-electron chi connectivity index (χ0n) is 31.3. The monoisotopic (exact) mass is 839 g/mol. The van der Waals surface area contributed by atoms with E-state index in [-0.39, 0.29) is 5.79 Å². The van der Waals surface area contributed by atoms with Gasteiger partial charge in [0.2, 0.25) is 0 Å². The fourth-order valence-electron chi connectivity index (χ4n) is 10.6. The van der Waals surface area contributed by atoms with Gasteiger partial charge in [0.05, 0.1) is 0 Å². The van der Waals surface area contributed by atoms with E-state index in [0.29, 0.717) is 21.9 Å². The third kappa shape index (κ3) is 4.43. The number of para-hydroxylation sites is 3. The minimum absolute atomic E-state index is 0.328. The predicted molar refractivity (Wildman–Crippen MR) is 244 cm³/mol. The van der Waals surface area contributed by atoms with Gasteiger partial charge in [0.15, 0.2) is 0 Å². The first kappa shape index (κ1) is 32.6. The number of furan rings is 1. The van der Waals surface area contributed by atoms with Crippen LogP contribution in [-0.2, 0) is 0 Å². The Morgan fingerprint density at radius 1 is 0.732 bits per heavy atom. The Morgan fingerprint density at radius 3 is 2.39 bits per heavy atom. The molecule has 1 fully saturated rings. The van der Waals surface area contributed by atoms with Crippen molar-refractivity contribution in [3.8, 4) is 22.3 Å². The van der Waals surface area contributed by atoms with E-state index in [0.717, 1.165) is 40.3 Å². The molecular weight excluding hydrogens is 797 g/mol. The van der Waals surface area contributed by atoms with Crippen LogP contribution < -0.4 is 15.1 Å². The number of halogens is 1. The Bertz CT molecular complexity index is 2890. The Kier molecular flexibility index (Phi) is 6.93. The van der Waals surface area contributed by atoms with E-state index >= 15 is 0 Å². The van der Waals surface area contributed by atoms with Gasteiger partial charge in [-0.1, -0.05) is 24.3 Å². The molecule has 1 saturated heterocycles. The fraction of sp³-hybridized carbons (Fsp3) is 0.157. The summed E-state index contributed by atoms with van der Waals surface area (Å²) >= 11 is -3.00. The Hall–Kier alpha value is -5.66. The van der Waals surface area contributed by atoms with E-state index in [1.807, 2.05) is 6.07 Å². The Labute approximate surface area is 331 Å². The second-order valence-electron chi connectivity index (χ2n) is 16.0. The van der Waals surface area contributed by atoms with Crippen molar-refractivity contribution in [2.24, 2.45) is 0 Å². The quantitative estimate of drug-likeness (QED) is 0.109. The molecule has 12 rings (SSSR count). The van der Waals surface area contributed by atoms with Crippen molar-refractivity contribution < 1.29 is 4.42 Å². The summed E-state index contributed by atoms with van der Waals surface area (Å²) < 4.78 is 15.0. The molecule has 4 heterocycles. The number of alkyl halides is 1. The van der Waals surface area contributed by atoms with E-state index in [2.05, 4.69) is 186 Å². The number of hydrogen-bond donors (Lipinski definition) is 1. The summed E-state index contributed by atoms with van der Waals surface area (Å²) in [7, 11) is 0. The molecule has 7 aromatic rings. The van der Waals surface area contributed by atoms with Crippen LogP contribution in [0.2, 0.25) is 0 Å². The molecular formula is C51H42IN3O. The molecule has 3 aliphatic heterocycles. The van der Waals surface area contributed by atoms with Crippen molar-refractivity contribution in [2.75, 3.05) is 15.1 Å². The molecule has 0 spiro atoms. The standard InChI is InChI=1S/C51H42IN3O/c1-51-53-45-32-35(26-30-46(45)55(51)48-21-10-9-20-47(48)54(51)37-13-4-3-5-14-37)34-25-29-44-42(31-34)39-15-6-8-19-43(39)52(44,2)36-27-23-33(24-28-36)38-17-12-18-41-40-16-7-11-22-49(40)56-50(38)41/h3-9,11-20,22-32,39,43,47-48,53H,2,10,21H2,1H3. The molecule has 1 N–H and O–H groups in total. The first-order chi connectivity index (χ1) is 27.5. The summed E-state index contributed by atoms with van der Waals surface area (Å²) in [5.41, 5.74) is 11.9. The van der Waals surface area contributed by atoms with E-state index in [1.54, 1.807) is 0 Å². The fourth-order valence-corrected chi connectivity index (χ4v) is 19.9. The van der Waals surface area contributed by atoms with E-state index in [4.69, 9.17) is 8.93 Å². The van der Waals surface area contributed by atoms with Crippen LogP contribution >= 0.6 is 18.0 Å². The van der Waals surface area contributed by atoms with E-state index < -0.39 is 18.0 Å². The molecule has 6 atom stereocenters. The van der Waals surface area contributed by atoms with Gasteiger partial charge in [-0.15, -0.1) is 0 Å². The number of nitrogens with zero attached hydrogens (tertiary/aromatic N) is 2. The molecule has 0 bridgehead atoms. The molecule has 0 amide bonds. The van der Waals surface area contributed by atoms with Crippen molar-refractivity contribution in [3.63, 3.8) is 0 Å². The number of anilines is 3. The zero-order chi connectivity index (χ0) is 37.2. The van der Waals surface area contributed by atoms with Gasteiger partial charge in [0.25, 0.3) is 0 Å². The van der Waals surface area contributed by atoms with Gasteiger partial charge in [0.1, 0.15) is 0 Å². The number of hydrogen-bond acceptors (Lipinski definition) is 4. The van der Waals surface area contributed by atoms with Crippen molar-refractivity contribution >= 4 is 61.5 Å². The summed E-state index contributed by atoms with van der Waals surface area (Å²) in [4.78, 5) is 5.25. The molecule has 5 heteroatoms. The number of allylic oxidation sites excluding steroid dienone is 5. The normalized spacial score (nSPS) is 27.7. The van der Waals surface area contributed by atoms with E-state index in [1.165, 1.54) is 46.5 Å². The van der Waals surface area contributed by atoms with Crippen molar-refractivity contribution in [2.45, 2.75) is 47.5 Å². The average molecular weight is 840 g/mol. The van der Waals surface area contributed by atoms with Crippen LogP contribution in [0.3, 0.4) is 0 Å². The number of rotatable bonds is 4. The van der Waals surface area contributed by atoms with Crippen molar-refractivity contribution in [1.82, 2.24) is 0 Å². The number of fused-ring (bicyclic) bond motifs is 11. The Morgan fingerprint density at radius 2 is 1.50 bits per heavy atom. The topological polar surface area (TPSA) is 31.7 Å². The van der Waals surface area contributed by atoms with Crippen LogP contribution in [-0.4, -0.2) is 26.3 Å². The Balaban J connectivity index is 0.906. The first-order valence-corrected chi connectivity index (χ1v) is 24.7. The molecule has 5 aliphatic rings. The summed E-state index contributed by atoms with van der Waals surface area (Å²) in [6.07, 6.45) is 16.4. The van der Waals surface area contributed by atoms with Crippen molar-refractivity contribution in [1.29, 1.82) is 0 Å². The van der Waals surface area contributed by atoms with E-state index in [9.17, 15) is 0 Å². The van der Waals surface area contributed by atoms with Gasteiger partial charge in [0, 0.05) is 0 Å². The van der Waals surface area contributed by atoms with Gasteiger partial charge < -0.3 is 0 Å². The minimum atomic E-state index is -3.00. The SMILES string of the molecule is C=I1(c2ccc(-c3cccc4c3oc3ccccc34)cc2)c2ccc(-c3ccc4c(c3)NC3(C)N(c5ccccc5)C5C=CCCC5N43)cc2C2C=CC=CC21. The van der Waals surface area contributed by atoms with Crippen molar-refractivity contribution in [3.05, 3.63) is 183 Å². The average Bonchev–Trinajstić information content (AvgIpc) is 3.93. The maximum absolute atomic E-state index is 6.42. The van der Waals surface area contributed by atoms with Crippen LogP contribution in [0.15, 0.2) is 174 Å². The van der Waals surface area contributed by atoms with Crippen LogP contribution in [0.5, 0.6) is 0 Å². The molecule has 1 aromatic heterocycles. The maximum atomic E-state index is 6.42. The summed E-state index contributed by atoms with van der Waals surface area (Å²) in [5.74, 6) is -0.0218. The second kappa shape index (κ2) is 11.9. The van der Waals surface area contributed by atoms with Gasteiger partial charge in [-0.05, 0) is 0 Å². The third-order valence-corrected chi connectivity index (χ3v) is 22.7. The molecule has 274 valence electrons. The molecule has 6 unspecified atom stereocenters. The summed E-state index contributed by atoms with van der Waals surface area (Å²) in [6.45, 7) is 2.36. The summed E-state index contributed by atoms with van der Waals surface area (Å²) in [6, 6.07) is 50.2. The molecule has 6 aromatic carbocycles. The molecule has 4 nitrogen and oxygen atoms in total. The third-order valence-electron chi connectivity index (χ3n) is 13.1. The first-order valence-electron chi connectivity index (χ1n) is 19.8. The molecule has 0 saturated carbocycles. The van der Waals surface area contributed by atoms with Gasteiger partial charge in [-0.2, -0.15) is 0 Å². The number of benzene rings is 6. The molecule has 56 heavy (non-hydrogen) atoms. The second-order valence-corrected chi connectivity index (χ2v) is 24.1.